The number of rotatable bonds is 6. The number of nitrogens with two attached hydrogens (primary N) is 1. The minimum Gasteiger partial charge on any atom is -0.352 e. The van der Waals surface area contributed by atoms with E-state index >= 15 is 0 Å². The molecule has 2 amide bonds. The molecule has 1 saturated carbocycles. The summed E-state index contributed by atoms with van der Waals surface area (Å²) in [6.45, 7) is 0.513. The van der Waals surface area contributed by atoms with Gasteiger partial charge in [-0.15, -0.1) is 0 Å². The van der Waals surface area contributed by atoms with Crippen LogP contribution in [0.5, 0.6) is 0 Å². The van der Waals surface area contributed by atoms with Gasteiger partial charge in [-0.25, -0.2) is 0 Å². The molecular formula is C14H19N3O2. The highest BCUT2D eigenvalue weighted by Crippen LogP contribution is 2.18. The Labute approximate surface area is 112 Å². The summed E-state index contributed by atoms with van der Waals surface area (Å²) >= 11 is 0. The fourth-order valence-corrected chi connectivity index (χ4v) is 1.88. The molecule has 0 bridgehead atoms. The summed E-state index contributed by atoms with van der Waals surface area (Å²) in [5, 5.41) is 5.47. The Morgan fingerprint density at radius 2 is 2.00 bits per heavy atom. The first kappa shape index (κ1) is 13.5. The van der Waals surface area contributed by atoms with E-state index in [-0.39, 0.29) is 18.4 Å². The van der Waals surface area contributed by atoms with Gasteiger partial charge in [0.25, 0.3) is 5.91 Å². The molecule has 0 radical (unpaired) electrons. The van der Waals surface area contributed by atoms with E-state index in [9.17, 15) is 9.59 Å². The van der Waals surface area contributed by atoms with Crippen LogP contribution in [0.15, 0.2) is 24.3 Å². The summed E-state index contributed by atoms with van der Waals surface area (Å²) in [4.78, 5) is 23.5. The molecule has 5 nitrogen and oxygen atoms in total. The highest BCUT2D eigenvalue weighted by molar-refractivity contribution is 5.97. The Hall–Kier alpha value is -1.88. The molecule has 4 N–H and O–H groups in total. The summed E-state index contributed by atoms with van der Waals surface area (Å²) in [7, 11) is 0. The molecule has 1 aromatic rings. The second kappa shape index (κ2) is 6.33. The van der Waals surface area contributed by atoms with Crippen molar-refractivity contribution in [3.63, 3.8) is 0 Å². The molecule has 1 aliphatic carbocycles. The van der Waals surface area contributed by atoms with Gasteiger partial charge in [-0.2, -0.15) is 0 Å². The zero-order valence-corrected chi connectivity index (χ0v) is 10.8. The van der Waals surface area contributed by atoms with Gasteiger partial charge in [0.2, 0.25) is 5.91 Å². The smallest absolute Gasteiger partial charge is 0.251 e. The Kier molecular flexibility index (Phi) is 4.52. The fourth-order valence-electron chi connectivity index (χ4n) is 1.88. The van der Waals surface area contributed by atoms with Gasteiger partial charge >= 0.3 is 0 Å². The van der Waals surface area contributed by atoms with Crippen molar-refractivity contribution in [2.45, 2.75) is 25.3 Å². The molecular weight excluding hydrogens is 242 g/mol. The first-order valence-corrected chi connectivity index (χ1v) is 6.56. The number of nitrogens with one attached hydrogen (secondary N) is 2. The second-order valence-electron chi connectivity index (χ2n) is 4.72. The number of amides is 2. The summed E-state index contributed by atoms with van der Waals surface area (Å²) < 4.78 is 0. The van der Waals surface area contributed by atoms with E-state index in [1.807, 2.05) is 12.1 Å². The highest BCUT2D eigenvalue weighted by atomic mass is 16.2. The quantitative estimate of drug-likeness (QED) is 0.684. The van der Waals surface area contributed by atoms with Gasteiger partial charge in [-0.3, -0.25) is 9.59 Å². The third-order valence-electron chi connectivity index (χ3n) is 3.03. The van der Waals surface area contributed by atoms with Crippen LogP contribution in [0.1, 0.15) is 28.8 Å². The van der Waals surface area contributed by atoms with Crippen LogP contribution in [0.25, 0.3) is 0 Å². The van der Waals surface area contributed by atoms with E-state index in [2.05, 4.69) is 10.6 Å². The van der Waals surface area contributed by atoms with E-state index in [1.54, 1.807) is 12.1 Å². The zero-order valence-electron chi connectivity index (χ0n) is 10.8. The SMILES string of the molecule is NCCc1ccccc1C(=O)NCC(=O)NC1CC1. The van der Waals surface area contributed by atoms with E-state index in [0.717, 1.165) is 18.4 Å². The fraction of sp³-hybridized carbons (Fsp3) is 0.429. The summed E-state index contributed by atoms with van der Waals surface area (Å²) in [6.07, 6.45) is 2.73. The molecule has 1 aromatic carbocycles. The lowest BCUT2D eigenvalue weighted by Gasteiger charge is -2.09. The van der Waals surface area contributed by atoms with Crippen LogP contribution in [0, 0.1) is 0 Å². The van der Waals surface area contributed by atoms with Gasteiger partial charge in [0, 0.05) is 11.6 Å². The topological polar surface area (TPSA) is 84.2 Å². The van der Waals surface area contributed by atoms with Gasteiger partial charge < -0.3 is 16.4 Å². The van der Waals surface area contributed by atoms with E-state index in [0.29, 0.717) is 24.6 Å². The van der Waals surface area contributed by atoms with Gasteiger partial charge in [-0.05, 0) is 37.4 Å². The third kappa shape index (κ3) is 4.06. The van der Waals surface area contributed by atoms with Crippen molar-refractivity contribution in [3.8, 4) is 0 Å². The maximum Gasteiger partial charge on any atom is 0.251 e. The Balaban J connectivity index is 1.89. The number of hydrogen-bond acceptors (Lipinski definition) is 3. The van der Waals surface area contributed by atoms with Crippen LogP contribution < -0.4 is 16.4 Å². The average Bonchev–Trinajstić information content (AvgIpc) is 3.21. The Morgan fingerprint density at radius 3 is 2.68 bits per heavy atom. The lowest BCUT2D eigenvalue weighted by Crippen LogP contribution is -2.38. The van der Waals surface area contributed by atoms with Crippen LogP contribution in [0.3, 0.4) is 0 Å². The van der Waals surface area contributed by atoms with Gasteiger partial charge in [0.05, 0.1) is 6.54 Å². The van der Waals surface area contributed by atoms with Crippen molar-refractivity contribution in [1.82, 2.24) is 10.6 Å². The lowest BCUT2D eigenvalue weighted by atomic mass is 10.0. The van der Waals surface area contributed by atoms with Crippen LogP contribution in [-0.4, -0.2) is 30.9 Å². The molecule has 0 unspecified atom stereocenters. The van der Waals surface area contributed by atoms with Crippen molar-refractivity contribution < 1.29 is 9.59 Å². The van der Waals surface area contributed by atoms with E-state index in [1.165, 1.54) is 0 Å². The molecule has 0 aliphatic heterocycles. The number of carbonyl (C=O) groups is 2. The molecule has 0 spiro atoms. The molecule has 1 fully saturated rings. The van der Waals surface area contributed by atoms with Crippen LogP contribution >= 0.6 is 0 Å². The van der Waals surface area contributed by atoms with Gasteiger partial charge in [0.15, 0.2) is 0 Å². The second-order valence-corrected chi connectivity index (χ2v) is 4.72. The first-order chi connectivity index (χ1) is 9.20. The monoisotopic (exact) mass is 261 g/mol. The minimum absolute atomic E-state index is 0.0201. The number of hydrogen-bond donors (Lipinski definition) is 3. The van der Waals surface area contributed by atoms with Crippen LogP contribution in [0.2, 0.25) is 0 Å². The number of benzene rings is 1. The summed E-state index contributed by atoms with van der Waals surface area (Å²) in [6, 6.07) is 7.63. The molecule has 1 aliphatic rings. The van der Waals surface area contributed by atoms with Crippen LogP contribution in [0.4, 0.5) is 0 Å². The lowest BCUT2D eigenvalue weighted by molar-refractivity contribution is -0.120. The molecule has 0 heterocycles. The molecule has 0 atom stereocenters. The minimum atomic E-state index is -0.227. The van der Waals surface area contributed by atoms with Crippen molar-refractivity contribution in [3.05, 3.63) is 35.4 Å². The highest BCUT2D eigenvalue weighted by Gasteiger charge is 2.23. The third-order valence-corrected chi connectivity index (χ3v) is 3.03. The summed E-state index contributed by atoms with van der Waals surface area (Å²) in [5.41, 5.74) is 7.02. The van der Waals surface area contributed by atoms with Crippen molar-refractivity contribution in [2.24, 2.45) is 5.73 Å². The van der Waals surface area contributed by atoms with Crippen molar-refractivity contribution in [1.29, 1.82) is 0 Å². The van der Waals surface area contributed by atoms with Crippen molar-refractivity contribution in [2.75, 3.05) is 13.1 Å². The molecule has 102 valence electrons. The summed E-state index contributed by atoms with van der Waals surface area (Å²) in [5.74, 6) is -0.359. The van der Waals surface area contributed by atoms with Crippen molar-refractivity contribution >= 4 is 11.8 Å². The van der Waals surface area contributed by atoms with E-state index in [4.69, 9.17) is 5.73 Å². The Bertz CT molecular complexity index is 470. The predicted molar refractivity (Wildman–Crippen MR) is 72.7 cm³/mol. The molecule has 0 saturated heterocycles. The van der Waals surface area contributed by atoms with Crippen LogP contribution in [-0.2, 0) is 11.2 Å². The normalized spacial score (nSPS) is 13.9. The molecule has 19 heavy (non-hydrogen) atoms. The molecule has 2 rings (SSSR count). The average molecular weight is 261 g/mol. The Morgan fingerprint density at radius 1 is 1.26 bits per heavy atom. The molecule has 0 aromatic heterocycles. The standard InChI is InChI=1S/C14H19N3O2/c15-8-7-10-3-1-2-4-12(10)14(19)16-9-13(18)17-11-5-6-11/h1-4,11H,5-9,15H2,(H,16,19)(H,17,18). The predicted octanol–water partition coefficient (Wildman–Crippen LogP) is 0.196. The molecule has 5 heteroatoms. The van der Waals surface area contributed by atoms with E-state index < -0.39 is 0 Å². The first-order valence-electron chi connectivity index (χ1n) is 6.56. The zero-order chi connectivity index (χ0) is 13.7. The largest absolute Gasteiger partial charge is 0.352 e. The number of carbonyl (C=O) groups excluding carboxylic acids is 2. The maximum atomic E-state index is 12.0. The maximum absolute atomic E-state index is 12.0. The van der Waals surface area contributed by atoms with Gasteiger partial charge in [0.1, 0.15) is 0 Å². The van der Waals surface area contributed by atoms with Gasteiger partial charge in [-0.1, -0.05) is 18.2 Å².